The van der Waals surface area contributed by atoms with Gasteiger partial charge in [0, 0.05) is 12.5 Å². The van der Waals surface area contributed by atoms with Crippen molar-refractivity contribution in [2.45, 2.75) is 45.6 Å². The molecule has 2 nitrogen and oxygen atoms in total. The SMILES string of the molecule is C=CC(CCC)NC(=O)CCC. The van der Waals surface area contributed by atoms with Gasteiger partial charge in [-0.05, 0) is 12.8 Å². The second-order valence-electron chi connectivity index (χ2n) is 2.95. The van der Waals surface area contributed by atoms with Crippen LogP contribution in [0.3, 0.4) is 0 Å². The van der Waals surface area contributed by atoms with Crippen LogP contribution in [0.2, 0.25) is 0 Å². The van der Waals surface area contributed by atoms with Gasteiger partial charge in [-0.15, -0.1) is 6.58 Å². The van der Waals surface area contributed by atoms with Gasteiger partial charge < -0.3 is 5.32 Å². The lowest BCUT2D eigenvalue weighted by Crippen LogP contribution is -2.32. The van der Waals surface area contributed by atoms with Crippen LogP contribution in [-0.4, -0.2) is 11.9 Å². The zero-order valence-corrected chi connectivity index (χ0v) is 8.10. The second-order valence-corrected chi connectivity index (χ2v) is 2.95. The molecular formula is C10H19NO. The number of hydrogen-bond donors (Lipinski definition) is 1. The van der Waals surface area contributed by atoms with Crippen LogP contribution in [0.5, 0.6) is 0 Å². The summed E-state index contributed by atoms with van der Waals surface area (Å²) in [7, 11) is 0. The van der Waals surface area contributed by atoms with Crippen LogP contribution in [0, 0.1) is 0 Å². The quantitative estimate of drug-likeness (QED) is 0.607. The van der Waals surface area contributed by atoms with E-state index in [-0.39, 0.29) is 11.9 Å². The highest BCUT2D eigenvalue weighted by atomic mass is 16.1. The number of carbonyl (C=O) groups is 1. The number of hydrogen-bond acceptors (Lipinski definition) is 1. The minimum atomic E-state index is 0.135. The van der Waals surface area contributed by atoms with Crippen molar-refractivity contribution >= 4 is 5.91 Å². The molecule has 0 saturated carbocycles. The van der Waals surface area contributed by atoms with E-state index >= 15 is 0 Å². The van der Waals surface area contributed by atoms with Gasteiger partial charge in [-0.2, -0.15) is 0 Å². The maximum absolute atomic E-state index is 11.1. The first-order valence-electron chi connectivity index (χ1n) is 4.66. The summed E-state index contributed by atoms with van der Waals surface area (Å²) in [5.74, 6) is 0.135. The highest BCUT2D eigenvalue weighted by molar-refractivity contribution is 5.76. The van der Waals surface area contributed by atoms with E-state index in [9.17, 15) is 4.79 Å². The Hall–Kier alpha value is -0.790. The summed E-state index contributed by atoms with van der Waals surface area (Å²) in [4.78, 5) is 11.1. The van der Waals surface area contributed by atoms with E-state index in [0.29, 0.717) is 6.42 Å². The molecule has 1 N–H and O–H groups in total. The van der Waals surface area contributed by atoms with Gasteiger partial charge in [0.05, 0.1) is 0 Å². The fraction of sp³-hybridized carbons (Fsp3) is 0.700. The lowest BCUT2D eigenvalue weighted by atomic mass is 10.1. The van der Waals surface area contributed by atoms with Gasteiger partial charge in [0.25, 0.3) is 0 Å². The predicted octanol–water partition coefficient (Wildman–Crippen LogP) is 2.26. The van der Waals surface area contributed by atoms with E-state index < -0.39 is 0 Å². The van der Waals surface area contributed by atoms with Gasteiger partial charge in [0.2, 0.25) is 5.91 Å². The van der Waals surface area contributed by atoms with Gasteiger partial charge >= 0.3 is 0 Å². The summed E-state index contributed by atoms with van der Waals surface area (Å²) in [6, 6.07) is 0.161. The highest BCUT2D eigenvalue weighted by Gasteiger charge is 2.05. The molecule has 0 spiro atoms. The second kappa shape index (κ2) is 6.89. The molecule has 0 aliphatic rings. The molecule has 0 aromatic carbocycles. The lowest BCUT2D eigenvalue weighted by molar-refractivity contribution is -0.121. The third-order valence-corrected chi connectivity index (χ3v) is 1.71. The molecule has 1 unspecified atom stereocenters. The van der Waals surface area contributed by atoms with E-state index in [1.807, 2.05) is 6.92 Å². The Labute approximate surface area is 75.0 Å². The largest absolute Gasteiger partial charge is 0.350 e. The van der Waals surface area contributed by atoms with E-state index in [0.717, 1.165) is 19.3 Å². The Morgan fingerprint density at radius 1 is 1.50 bits per heavy atom. The summed E-state index contributed by atoms with van der Waals surface area (Å²) in [5.41, 5.74) is 0. The molecule has 0 aliphatic carbocycles. The minimum absolute atomic E-state index is 0.135. The Balaban J connectivity index is 3.68. The minimum Gasteiger partial charge on any atom is -0.350 e. The standard InChI is InChI=1S/C10H19NO/c1-4-7-9(6-3)11-10(12)8-5-2/h6,9H,3-5,7-8H2,1-2H3,(H,11,12). The maximum atomic E-state index is 11.1. The van der Waals surface area contributed by atoms with Crippen LogP contribution < -0.4 is 5.32 Å². The molecule has 1 atom stereocenters. The van der Waals surface area contributed by atoms with E-state index in [1.54, 1.807) is 6.08 Å². The Bertz CT molecular complexity index is 143. The average molecular weight is 169 g/mol. The van der Waals surface area contributed by atoms with Crippen LogP contribution in [-0.2, 0) is 4.79 Å². The molecule has 0 fully saturated rings. The zero-order chi connectivity index (χ0) is 9.40. The van der Waals surface area contributed by atoms with Gasteiger partial charge in [0.1, 0.15) is 0 Å². The monoisotopic (exact) mass is 169 g/mol. The van der Waals surface area contributed by atoms with Crippen molar-refractivity contribution in [2.75, 3.05) is 0 Å². The maximum Gasteiger partial charge on any atom is 0.220 e. The normalized spacial score (nSPS) is 12.2. The molecule has 0 bridgehead atoms. The molecule has 70 valence electrons. The van der Waals surface area contributed by atoms with Crippen molar-refractivity contribution in [1.29, 1.82) is 0 Å². The summed E-state index contributed by atoms with van der Waals surface area (Å²) >= 11 is 0. The van der Waals surface area contributed by atoms with E-state index in [1.165, 1.54) is 0 Å². The number of rotatable bonds is 6. The first-order valence-corrected chi connectivity index (χ1v) is 4.66. The van der Waals surface area contributed by atoms with Gasteiger partial charge in [-0.25, -0.2) is 0 Å². The molecule has 0 heterocycles. The van der Waals surface area contributed by atoms with Crippen molar-refractivity contribution in [3.8, 4) is 0 Å². The molecule has 1 amide bonds. The number of carbonyl (C=O) groups excluding carboxylic acids is 1. The summed E-state index contributed by atoms with van der Waals surface area (Å²) in [5, 5.41) is 2.91. The molecule has 0 saturated heterocycles. The van der Waals surface area contributed by atoms with Crippen LogP contribution >= 0.6 is 0 Å². The van der Waals surface area contributed by atoms with Crippen LogP contribution in [0.4, 0.5) is 0 Å². The topological polar surface area (TPSA) is 29.1 Å². The summed E-state index contributed by atoms with van der Waals surface area (Å²) in [6.45, 7) is 7.78. The third-order valence-electron chi connectivity index (χ3n) is 1.71. The molecule has 0 aromatic heterocycles. The molecular weight excluding hydrogens is 150 g/mol. The number of nitrogens with one attached hydrogen (secondary N) is 1. The smallest absolute Gasteiger partial charge is 0.220 e. The lowest BCUT2D eigenvalue weighted by Gasteiger charge is -2.12. The molecule has 12 heavy (non-hydrogen) atoms. The van der Waals surface area contributed by atoms with Crippen molar-refractivity contribution in [2.24, 2.45) is 0 Å². The molecule has 0 aromatic rings. The highest BCUT2D eigenvalue weighted by Crippen LogP contribution is 1.98. The summed E-state index contributed by atoms with van der Waals surface area (Å²) in [6.07, 6.45) is 5.38. The number of amides is 1. The first kappa shape index (κ1) is 11.2. The average Bonchev–Trinajstić information content (AvgIpc) is 2.04. The molecule has 0 radical (unpaired) electrons. The van der Waals surface area contributed by atoms with E-state index in [4.69, 9.17) is 0 Å². The fourth-order valence-corrected chi connectivity index (χ4v) is 1.07. The van der Waals surface area contributed by atoms with Crippen molar-refractivity contribution < 1.29 is 4.79 Å². The zero-order valence-electron chi connectivity index (χ0n) is 8.10. The van der Waals surface area contributed by atoms with Crippen molar-refractivity contribution in [1.82, 2.24) is 5.32 Å². The van der Waals surface area contributed by atoms with Crippen molar-refractivity contribution in [3.05, 3.63) is 12.7 Å². The Morgan fingerprint density at radius 2 is 2.17 bits per heavy atom. The van der Waals surface area contributed by atoms with Crippen LogP contribution in [0.25, 0.3) is 0 Å². The van der Waals surface area contributed by atoms with Crippen molar-refractivity contribution in [3.63, 3.8) is 0 Å². The Kier molecular flexibility index (Phi) is 6.44. The van der Waals surface area contributed by atoms with Gasteiger partial charge in [-0.1, -0.05) is 26.3 Å². The molecule has 0 rings (SSSR count). The first-order chi connectivity index (χ1) is 5.74. The van der Waals surface area contributed by atoms with Crippen LogP contribution in [0.15, 0.2) is 12.7 Å². The van der Waals surface area contributed by atoms with Gasteiger partial charge in [-0.3, -0.25) is 4.79 Å². The summed E-state index contributed by atoms with van der Waals surface area (Å²) < 4.78 is 0. The van der Waals surface area contributed by atoms with Gasteiger partial charge in [0.15, 0.2) is 0 Å². The van der Waals surface area contributed by atoms with Crippen LogP contribution in [0.1, 0.15) is 39.5 Å². The molecule has 2 heteroatoms. The van der Waals surface area contributed by atoms with E-state index in [2.05, 4.69) is 18.8 Å². The fourth-order valence-electron chi connectivity index (χ4n) is 1.07. The third kappa shape index (κ3) is 4.94. The molecule has 0 aliphatic heterocycles. The predicted molar refractivity (Wildman–Crippen MR) is 51.9 cm³/mol. The Morgan fingerprint density at radius 3 is 2.58 bits per heavy atom.